The van der Waals surface area contributed by atoms with E-state index in [1.165, 1.54) is 103 Å². The lowest BCUT2D eigenvalue weighted by Crippen LogP contribution is -2.30. The molecule has 0 fully saturated rings. The number of aliphatic hydroxyl groups excluding tert-OH is 1. The summed E-state index contributed by atoms with van der Waals surface area (Å²) in [7, 11) is -9.95. The SMILES string of the molecule is CC/C=C\C/C=C\C/C=C\C/C=C\CCCCC(=O)OCC(COP(=O)(O)OCC(O)COP(=O)(O)OCC(COC(=O)CCCCCCCCCCCCCCCCC)OC(=O)CCCCCCC/C=C\CCCC)OC(=O)CCCCCCC/C=C\C/C=C\CCCCC. The predicted octanol–water partition coefficient (Wildman–Crippen LogP) is 21.4. The van der Waals surface area contributed by atoms with Crippen LogP contribution in [0, 0.1) is 0 Å². The first-order valence-electron chi connectivity index (χ1n) is 37.8. The van der Waals surface area contributed by atoms with Crippen LogP contribution in [0.25, 0.3) is 0 Å². The van der Waals surface area contributed by atoms with Crippen LogP contribution in [0.3, 0.4) is 0 Å². The molecule has 556 valence electrons. The van der Waals surface area contributed by atoms with Crippen LogP contribution < -0.4 is 0 Å². The quantitative estimate of drug-likeness (QED) is 0.0169. The van der Waals surface area contributed by atoms with E-state index < -0.39 is 97.5 Å². The molecule has 0 aliphatic heterocycles. The summed E-state index contributed by atoms with van der Waals surface area (Å²) in [4.78, 5) is 72.7. The predicted molar refractivity (Wildman–Crippen MR) is 390 cm³/mol. The molecule has 0 bridgehead atoms. The molecule has 0 radical (unpaired) electrons. The molecule has 17 nitrogen and oxygen atoms in total. The Hall–Kier alpha value is -3.76. The van der Waals surface area contributed by atoms with E-state index >= 15 is 0 Å². The molecule has 3 N–H and O–H groups in total. The van der Waals surface area contributed by atoms with Gasteiger partial charge in [0.15, 0.2) is 12.2 Å². The summed E-state index contributed by atoms with van der Waals surface area (Å²) in [6, 6.07) is 0. The Bertz CT molecular complexity index is 2160. The molecule has 96 heavy (non-hydrogen) atoms. The maximum atomic E-state index is 13.1. The second-order valence-corrected chi connectivity index (χ2v) is 28.1. The first kappa shape index (κ1) is 92.2. The van der Waals surface area contributed by atoms with Gasteiger partial charge in [0.1, 0.15) is 19.3 Å². The first-order valence-corrected chi connectivity index (χ1v) is 40.8. The summed E-state index contributed by atoms with van der Waals surface area (Å²) in [5.41, 5.74) is 0. The molecule has 0 aromatic carbocycles. The Labute approximate surface area is 583 Å². The van der Waals surface area contributed by atoms with E-state index in [1.54, 1.807) is 0 Å². The van der Waals surface area contributed by atoms with Gasteiger partial charge in [-0.3, -0.25) is 37.3 Å². The van der Waals surface area contributed by atoms with Crippen LogP contribution in [0.1, 0.15) is 323 Å². The van der Waals surface area contributed by atoms with Crippen LogP contribution in [-0.2, 0) is 65.4 Å². The minimum atomic E-state index is -4.98. The van der Waals surface area contributed by atoms with E-state index in [9.17, 15) is 43.2 Å². The zero-order valence-corrected chi connectivity index (χ0v) is 62.3. The Morgan fingerprint density at radius 2 is 0.552 bits per heavy atom. The van der Waals surface area contributed by atoms with Gasteiger partial charge in [-0.05, 0) is 116 Å². The highest BCUT2D eigenvalue weighted by atomic mass is 31.2. The molecule has 0 saturated carbocycles. The zero-order chi connectivity index (χ0) is 70.4. The summed E-state index contributed by atoms with van der Waals surface area (Å²) in [6.45, 7) is 4.65. The number of unbranched alkanes of at least 4 members (excludes halogenated alkanes) is 31. The lowest BCUT2D eigenvalue weighted by molar-refractivity contribution is -0.161. The number of allylic oxidation sites excluding steroid dienone is 14. The van der Waals surface area contributed by atoms with E-state index in [0.717, 1.165) is 141 Å². The molecule has 0 amide bonds. The standard InChI is InChI=1S/C77H136O17P2/c1-5-9-13-17-21-25-29-32-35-38-42-45-49-53-57-61-74(79)87-67-72(93-76(81)63-59-55-51-47-41-28-24-20-16-12-8-4)69-91-95(83,84)89-65-71(78)66-90-96(85,86)92-70-73(94-77(82)64-60-56-52-48-44-40-37-34-31-27-23-19-15-11-7-3)68-88-75(80)62-58-54-50-46-43-39-36-33-30-26-22-18-14-10-6-2/h10,14,20,22-24,26-27,33-34,36-37,43,46,71-73,78H,5-9,11-13,15-19,21,25,28-32,35,38-42,44-45,47-70H2,1-4H3,(H,83,84)(H,85,86)/b14-10-,24-20-,26-22-,27-23-,36-33-,37-34-,46-43-. The van der Waals surface area contributed by atoms with Crippen molar-refractivity contribution in [3.05, 3.63) is 85.1 Å². The molecular weight excluding hydrogens is 1260 g/mol. The van der Waals surface area contributed by atoms with E-state index in [0.29, 0.717) is 25.7 Å². The highest BCUT2D eigenvalue weighted by molar-refractivity contribution is 7.47. The Kier molecular flexibility index (Phi) is 67.0. The van der Waals surface area contributed by atoms with Gasteiger partial charge < -0.3 is 33.8 Å². The largest absolute Gasteiger partial charge is 0.472 e. The topological polar surface area (TPSA) is 237 Å². The molecular formula is C77H136O17P2. The average Bonchev–Trinajstić information content (AvgIpc) is 1.09. The maximum Gasteiger partial charge on any atom is 0.472 e. The maximum absolute atomic E-state index is 13.1. The summed E-state index contributed by atoms with van der Waals surface area (Å²) in [6.07, 6.45) is 70.1. The van der Waals surface area contributed by atoms with Crippen molar-refractivity contribution in [3.63, 3.8) is 0 Å². The van der Waals surface area contributed by atoms with Crippen molar-refractivity contribution in [3.8, 4) is 0 Å². The Balaban J connectivity index is 5.35. The summed E-state index contributed by atoms with van der Waals surface area (Å²) < 4.78 is 68.4. The minimum absolute atomic E-state index is 0.0705. The zero-order valence-electron chi connectivity index (χ0n) is 60.5. The number of hydrogen-bond acceptors (Lipinski definition) is 15. The minimum Gasteiger partial charge on any atom is -0.462 e. The van der Waals surface area contributed by atoms with Crippen molar-refractivity contribution in [1.82, 2.24) is 0 Å². The average molecular weight is 1400 g/mol. The first-order chi connectivity index (χ1) is 46.7. The van der Waals surface area contributed by atoms with Gasteiger partial charge in [-0.15, -0.1) is 0 Å². The molecule has 0 aromatic heterocycles. The third kappa shape index (κ3) is 68.8. The number of esters is 4. The number of phosphoric ester groups is 2. The number of carbonyl (C=O) groups is 4. The summed E-state index contributed by atoms with van der Waals surface area (Å²) in [5, 5.41) is 10.6. The molecule has 0 spiro atoms. The van der Waals surface area contributed by atoms with E-state index in [4.69, 9.17) is 37.0 Å². The molecule has 5 unspecified atom stereocenters. The lowest BCUT2D eigenvalue weighted by atomic mass is 10.0. The van der Waals surface area contributed by atoms with Gasteiger partial charge in [0, 0.05) is 25.7 Å². The third-order valence-corrected chi connectivity index (χ3v) is 17.7. The lowest BCUT2D eigenvalue weighted by Gasteiger charge is -2.21. The monoisotopic (exact) mass is 1390 g/mol. The summed E-state index contributed by atoms with van der Waals surface area (Å²) >= 11 is 0. The number of hydrogen-bond donors (Lipinski definition) is 3. The van der Waals surface area contributed by atoms with Gasteiger partial charge in [-0.2, -0.15) is 0 Å². The van der Waals surface area contributed by atoms with Crippen molar-refractivity contribution >= 4 is 39.5 Å². The van der Waals surface area contributed by atoms with Crippen LogP contribution in [0.15, 0.2) is 85.1 Å². The van der Waals surface area contributed by atoms with Crippen LogP contribution in [0.4, 0.5) is 0 Å². The molecule has 5 atom stereocenters. The molecule has 0 aromatic rings. The highest BCUT2D eigenvalue weighted by Gasteiger charge is 2.30. The van der Waals surface area contributed by atoms with Crippen molar-refractivity contribution in [2.24, 2.45) is 0 Å². The van der Waals surface area contributed by atoms with Crippen molar-refractivity contribution in [2.45, 2.75) is 341 Å². The van der Waals surface area contributed by atoms with Crippen molar-refractivity contribution in [2.75, 3.05) is 39.6 Å². The molecule has 0 heterocycles. The molecule has 0 rings (SSSR count). The molecule has 0 aliphatic carbocycles. The normalized spacial score (nSPS) is 14.4. The summed E-state index contributed by atoms with van der Waals surface area (Å²) in [5.74, 6) is -2.23. The highest BCUT2D eigenvalue weighted by Crippen LogP contribution is 2.45. The van der Waals surface area contributed by atoms with Crippen LogP contribution >= 0.6 is 15.6 Å². The Morgan fingerprint density at radius 3 is 0.917 bits per heavy atom. The van der Waals surface area contributed by atoms with Gasteiger partial charge in [-0.1, -0.05) is 267 Å². The molecule has 19 heteroatoms. The van der Waals surface area contributed by atoms with E-state index in [1.807, 2.05) is 0 Å². The molecule has 0 aliphatic rings. The fourth-order valence-corrected chi connectivity index (χ4v) is 11.6. The van der Waals surface area contributed by atoms with E-state index in [2.05, 4.69) is 113 Å². The van der Waals surface area contributed by atoms with Gasteiger partial charge in [0.05, 0.1) is 26.4 Å². The van der Waals surface area contributed by atoms with Crippen molar-refractivity contribution in [1.29, 1.82) is 0 Å². The van der Waals surface area contributed by atoms with Crippen LogP contribution in [0.5, 0.6) is 0 Å². The number of aliphatic hydroxyl groups is 1. The van der Waals surface area contributed by atoms with Crippen LogP contribution in [-0.4, -0.2) is 96.7 Å². The number of ether oxygens (including phenoxy) is 4. The second kappa shape index (κ2) is 69.7. The smallest absolute Gasteiger partial charge is 0.462 e. The molecule has 0 saturated heterocycles. The number of phosphoric acid groups is 2. The Morgan fingerprint density at radius 1 is 0.302 bits per heavy atom. The van der Waals surface area contributed by atoms with Gasteiger partial charge in [-0.25, -0.2) is 9.13 Å². The van der Waals surface area contributed by atoms with E-state index in [-0.39, 0.29) is 25.7 Å². The van der Waals surface area contributed by atoms with Gasteiger partial charge in [0.25, 0.3) is 0 Å². The second-order valence-electron chi connectivity index (χ2n) is 25.2. The third-order valence-electron chi connectivity index (χ3n) is 15.8. The number of carbonyl (C=O) groups excluding carboxylic acids is 4. The van der Waals surface area contributed by atoms with Crippen molar-refractivity contribution < 1.29 is 80.2 Å². The van der Waals surface area contributed by atoms with Gasteiger partial charge >= 0.3 is 39.5 Å². The fraction of sp³-hybridized carbons (Fsp3) is 0.766. The van der Waals surface area contributed by atoms with Gasteiger partial charge in [0.2, 0.25) is 0 Å². The van der Waals surface area contributed by atoms with Crippen LogP contribution in [0.2, 0.25) is 0 Å². The fourth-order valence-electron chi connectivity index (χ4n) is 10.0. The number of rotatable bonds is 71.